The van der Waals surface area contributed by atoms with E-state index in [2.05, 4.69) is 10.1 Å². The zero-order chi connectivity index (χ0) is 33.7. The molecular formula is C32H35F5N2O6S. The zero-order valence-corrected chi connectivity index (χ0v) is 26.0. The normalized spacial score (nSPS) is 19.7. The summed E-state index contributed by atoms with van der Waals surface area (Å²) in [5.41, 5.74) is -0.104. The third kappa shape index (κ3) is 8.03. The number of halogens is 5. The Hall–Kier alpha value is -3.59. The minimum absolute atomic E-state index is 0.0680. The summed E-state index contributed by atoms with van der Waals surface area (Å²) in [5, 5.41) is 12.6. The number of rotatable bonds is 12. The highest BCUT2D eigenvalue weighted by molar-refractivity contribution is 7.91. The molecule has 1 fully saturated rings. The molecule has 1 heterocycles. The lowest BCUT2D eigenvalue weighted by Gasteiger charge is -2.47. The molecule has 1 unspecified atom stereocenters. The summed E-state index contributed by atoms with van der Waals surface area (Å²) in [6.45, 7) is -2.13. The molecule has 0 aliphatic carbocycles. The molecule has 1 amide bonds. The Kier molecular flexibility index (Phi) is 11.1. The summed E-state index contributed by atoms with van der Waals surface area (Å²) < 4.78 is 100. The number of carbonyl (C=O) groups excluding carboxylic acids is 1. The molecule has 4 rings (SSSR count). The molecule has 0 aromatic heterocycles. The maximum Gasteiger partial charge on any atom is 0.416 e. The molecule has 3 aromatic rings. The maximum absolute atomic E-state index is 13.2. The van der Waals surface area contributed by atoms with Crippen molar-refractivity contribution in [1.29, 1.82) is 0 Å². The number of amides is 1. The molecular weight excluding hydrogens is 635 g/mol. The Bertz CT molecular complexity index is 1570. The predicted octanol–water partition coefficient (Wildman–Crippen LogP) is 5.71. The number of nitrogens with one attached hydrogen (secondary N) is 1. The number of piperidine rings is 1. The van der Waals surface area contributed by atoms with Gasteiger partial charge in [0.1, 0.15) is 5.60 Å². The average molecular weight is 671 g/mol. The Balaban J connectivity index is 1.55. The van der Waals surface area contributed by atoms with Gasteiger partial charge in [0.2, 0.25) is 0 Å². The van der Waals surface area contributed by atoms with E-state index in [1.54, 1.807) is 17.0 Å². The minimum atomic E-state index is -4.51. The van der Waals surface area contributed by atoms with Gasteiger partial charge in [-0.2, -0.15) is 22.0 Å². The van der Waals surface area contributed by atoms with E-state index >= 15 is 0 Å². The first-order valence-electron chi connectivity index (χ1n) is 14.5. The van der Waals surface area contributed by atoms with Gasteiger partial charge in [0.05, 0.1) is 48.1 Å². The van der Waals surface area contributed by atoms with Crippen LogP contribution in [-0.4, -0.2) is 64.7 Å². The molecule has 46 heavy (non-hydrogen) atoms. The number of ether oxygens (including phenoxy) is 2. The van der Waals surface area contributed by atoms with Gasteiger partial charge in [-0.25, -0.2) is 8.42 Å². The number of hydrogen-bond donors (Lipinski definition) is 2. The van der Waals surface area contributed by atoms with Gasteiger partial charge in [-0.3, -0.25) is 4.79 Å². The third-order valence-corrected chi connectivity index (χ3v) is 10.0. The quantitative estimate of drug-likeness (QED) is 0.238. The standard InChI is InChI=1S/C32H35F5N2O6S/c1-3-46(42,43)27-14-6-21(7-15-27)28(18-40)38-29(41)22-4-12-25(13-5-22)39-20-31(44-2,17-16-26(39)19-45-30(33)34)23-8-10-24(11-9-23)32(35,36)37/h4-15,26,28,30,40H,3,16-20H2,1-2H3,(H,38,41)/t26-,28-,31?/m0/s1. The molecule has 0 bridgehead atoms. The van der Waals surface area contributed by atoms with Gasteiger partial charge in [-0.05, 0) is 72.5 Å². The summed E-state index contributed by atoms with van der Waals surface area (Å²) in [6, 6.07) is 15.4. The van der Waals surface area contributed by atoms with Crippen LogP contribution in [0, 0.1) is 0 Å². The number of aliphatic hydroxyl groups is 1. The van der Waals surface area contributed by atoms with Gasteiger partial charge >= 0.3 is 12.8 Å². The molecule has 1 aliphatic rings. The van der Waals surface area contributed by atoms with E-state index in [9.17, 15) is 40.3 Å². The molecule has 250 valence electrons. The molecule has 0 spiro atoms. The van der Waals surface area contributed by atoms with Gasteiger partial charge in [-0.15, -0.1) is 0 Å². The van der Waals surface area contributed by atoms with Crippen LogP contribution in [0.15, 0.2) is 77.7 Å². The van der Waals surface area contributed by atoms with Crippen molar-refractivity contribution in [3.05, 3.63) is 95.1 Å². The Morgan fingerprint density at radius 1 is 1.04 bits per heavy atom. The third-order valence-electron chi connectivity index (χ3n) is 8.26. The van der Waals surface area contributed by atoms with Crippen molar-refractivity contribution in [3.63, 3.8) is 0 Å². The van der Waals surface area contributed by atoms with Crippen LogP contribution in [0.1, 0.15) is 52.9 Å². The van der Waals surface area contributed by atoms with Gasteiger partial charge in [0, 0.05) is 18.4 Å². The fourth-order valence-electron chi connectivity index (χ4n) is 5.54. The van der Waals surface area contributed by atoms with Crippen molar-refractivity contribution in [3.8, 4) is 0 Å². The predicted molar refractivity (Wildman–Crippen MR) is 160 cm³/mol. The molecule has 1 aliphatic heterocycles. The van der Waals surface area contributed by atoms with Gasteiger partial charge in [-0.1, -0.05) is 31.2 Å². The van der Waals surface area contributed by atoms with Crippen molar-refractivity contribution >= 4 is 21.4 Å². The van der Waals surface area contributed by atoms with E-state index in [0.717, 1.165) is 12.1 Å². The lowest BCUT2D eigenvalue weighted by Crippen LogP contribution is -2.54. The molecule has 0 radical (unpaired) electrons. The number of carbonyl (C=O) groups is 1. The van der Waals surface area contributed by atoms with Crippen LogP contribution in [-0.2, 0) is 31.1 Å². The highest BCUT2D eigenvalue weighted by atomic mass is 32.2. The molecule has 2 N–H and O–H groups in total. The van der Waals surface area contributed by atoms with Crippen LogP contribution in [0.4, 0.5) is 27.6 Å². The number of nitrogens with zero attached hydrogens (tertiary/aromatic N) is 1. The molecule has 8 nitrogen and oxygen atoms in total. The lowest BCUT2D eigenvalue weighted by atomic mass is 9.82. The van der Waals surface area contributed by atoms with Crippen molar-refractivity contribution in [2.24, 2.45) is 0 Å². The van der Waals surface area contributed by atoms with Gasteiger partial charge in [0.25, 0.3) is 5.91 Å². The van der Waals surface area contributed by atoms with Crippen LogP contribution < -0.4 is 10.2 Å². The molecule has 3 atom stereocenters. The largest absolute Gasteiger partial charge is 0.416 e. The Morgan fingerprint density at radius 2 is 1.67 bits per heavy atom. The first kappa shape index (κ1) is 35.3. The summed E-state index contributed by atoms with van der Waals surface area (Å²) in [7, 11) is -1.98. The number of sulfone groups is 1. The van der Waals surface area contributed by atoms with E-state index in [1.807, 2.05) is 0 Å². The Labute approximate surface area is 264 Å². The molecule has 14 heteroatoms. The van der Waals surface area contributed by atoms with E-state index < -0.39 is 58.4 Å². The molecule has 1 saturated heterocycles. The number of aliphatic hydroxyl groups excluding tert-OH is 1. The average Bonchev–Trinajstić information content (AvgIpc) is 3.06. The SMILES string of the molecule is CCS(=O)(=O)c1ccc([C@H](CO)NC(=O)c2ccc(N3CC(OC)(c4ccc(C(F)(F)F)cc4)CC[C@H]3COC(F)F)cc2)cc1. The number of benzene rings is 3. The van der Waals surface area contributed by atoms with Crippen molar-refractivity contribution in [1.82, 2.24) is 5.32 Å². The second-order valence-corrected chi connectivity index (χ2v) is 13.2. The van der Waals surface area contributed by atoms with E-state index in [0.29, 0.717) is 29.7 Å². The summed E-state index contributed by atoms with van der Waals surface area (Å²) >= 11 is 0. The monoisotopic (exact) mass is 670 g/mol. The Morgan fingerprint density at radius 3 is 2.20 bits per heavy atom. The van der Waals surface area contributed by atoms with Gasteiger partial charge in [0.15, 0.2) is 9.84 Å². The number of hydrogen-bond acceptors (Lipinski definition) is 7. The first-order valence-corrected chi connectivity index (χ1v) is 16.1. The molecule has 0 saturated carbocycles. The number of alkyl halides is 5. The first-order chi connectivity index (χ1) is 21.7. The van der Waals surface area contributed by atoms with E-state index in [1.165, 1.54) is 62.6 Å². The second kappa shape index (κ2) is 14.4. The molecule has 3 aromatic carbocycles. The highest BCUT2D eigenvalue weighted by Gasteiger charge is 2.42. The summed E-state index contributed by atoms with van der Waals surface area (Å²) in [6.07, 6.45) is -3.86. The van der Waals surface area contributed by atoms with Crippen LogP contribution in [0.5, 0.6) is 0 Å². The highest BCUT2D eigenvalue weighted by Crippen LogP contribution is 2.40. The van der Waals surface area contributed by atoms with Crippen molar-refractivity contribution in [2.45, 2.75) is 55.1 Å². The number of anilines is 1. The van der Waals surface area contributed by atoms with E-state index in [4.69, 9.17) is 4.74 Å². The second-order valence-electron chi connectivity index (χ2n) is 10.9. The lowest BCUT2D eigenvalue weighted by molar-refractivity contribution is -0.138. The zero-order valence-electron chi connectivity index (χ0n) is 25.1. The minimum Gasteiger partial charge on any atom is -0.394 e. The van der Waals surface area contributed by atoms with Crippen molar-refractivity contribution in [2.75, 3.05) is 37.5 Å². The van der Waals surface area contributed by atoms with Crippen molar-refractivity contribution < 1.29 is 49.7 Å². The van der Waals surface area contributed by atoms with E-state index in [-0.39, 0.29) is 29.4 Å². The van der Waals surface area contributed by atoms with Gasteiger partial charge < -0.3 is 24.8 Å². The topological polar surface area (TPSA) is 105 Å². The fraction of sp³-hybridized carbons (Fsp3) is 0.406. The summed E-state index contributed by atoms with van der Waals surface area (Å²) in [5.74, 6) is -0.593. The maximum atomic E-state index is 13.2. The smallest absolute Gasteiger partial charge is 0.394 e. The van der Waals surface area contributed by atoms with Crippen LogP contribution >= 0.6 is 0 Å². The van der Waals surface area contributed by atoms with Crippen LogP contribution in [0.2, 0.25) is 0 Å². The number of methoxy groups -OCH3 is 1. The fourth-order valence-corrected chi connectivity index (χ4v) is 6.42. The van der Waals surface area contributed by atoms with Crippen LogP contribution in [0.3, 0.4) is 0 Å². The van der Waals surface area contributed by atoms with Crippen LogP contribution in [0.25, 0.3) is 0 Å². The summed E-state index contributed by atoms with van der Waals surface area (Å²) in [4.78, 5) is 15.0.